The van der Waals surface area contributed by atoms with Gasteiger partial charge in [-0.05, 0) is 38.1 Å². The molecule has 4 nitrogen and oxygen atoms in total. The van der Waals surface area contributed by atoms with Crippen LogP contribution in [0.15, 0.2) is 12.1 Å². The molecule has 0 atom stereocenters. The molecular weight excluding hydrogens is 258 g/mol. The zero-order chi connectivity index (χ0) is 13.7. The molecule has 2 rings (SSSR count). The van der Waals surface area contributed by atoms with Crippen molar-refractivity contribution in [3.8, 4) is 11.8 Å². The van der Waals surface area contributed by atoms with E-state index in [4.69, 9.17) is 11.5 Å². The van der Waals surface area contributed by atoms with Gasteiger partial charge in [-0.1, -0.05) is 11.8 Å². The maximum atomic E-state index is 11.1. The van der Waals surface area contributed by atoms with Crippen LogP contribution in [0.1, 0.15) is 22.6 Å². The fraction of sp³-hybridized carbons (Fsp3) is 0.500. The second-order valence-corrected chi connectivity index (χ2v) is 5.89. The van der Waals surface area contributed by atoms with Crippen molar-refractivity contribution in [1.82, 2.24) is 4.90 Å². The number of thiophene rings is 1. The van der Waals surface area contributed by atoms with Crippen molar-refractivity contribution in [2.75, 3.05) is 19.6 Å². The third-order valence-corrected chi connectivity index (χ3v) is 4.33. The highest BCUT2D eigenvalue weighted by atomic mass is 32.1. The summed E-state index contributed by atoms with van der Waals surface area (Å²) in [6.45, 7) is 3.21. The van der Waals surface area contributed by atoms with E-state index in [2.05, 4.69) is 22.8 Å². The second kappa shape index (κ2) is 6.71. The van der Waals surface area contributed by atoms with Gasteiger partial charge < -0.3 is 11.5 Å². The molecule has 2 heterocycles. The first-order valence-corrected chi connectivity index (χ1v) is 7.30. The number of nitrogens with two attached hydrogens (primary N) is 2. The third-order valence-electron chi connectivity index (χ3n) is 3.34. The molecule has 1 aliphatic rings. The summed E-state index contributed by atoms with van der Waals surface area (Å²) in [7, 11) is 0. The molecular formula is C14H19N3OS. The Morgan fingerprint density at radius 1 is 1.42 bits per heavy atom. The molecule has 0 spiro atoms. The van der Waals surface area contributed by atoms with Gasteiger partial charge in [0.25, 0.3) is 0 Å². The second-order valence-electron chi connectivity index (χ2n) is 4.72. The van der Waals surface area contributed by atoms with Crippen molar-refractivity contribution in [2.24, 2.45) is 17.4 Å². The van der Waals surface area contributed by atoms with E-state index in [0.29, 0.717) is 6.54 Å². The number of rotatable bonds is 3. The molecule has 0 radical (unpaired) electrons. The van der Waals surface area contributed by atoms with Crippen molar-refractivity contribution in [3.63, 3.8) is 0 Å². The van der Waals surface area contributed by atoms with Crippen molar-refractivity contribution in [1.29, 1.82) is 0 Å². The van der Waals surface area contributed by atoms with Gasteiger partial charge in [0, 0.05) is 17.3 Å². The summed E-state index contributed by atoms with van der Waals surface area (Å²) in [5, 5.41) is 0. The molecule has 1 amide bonds. The van der Waals surface area contributed by atoms with E-state index in [9.17, 15) is 4.79 Å². The van der Waals surface area contributed by atoms with Gasteiger partial charge >= 0.3 is 0 Å². The number of nitrogens with zero attached hydrogens (tertiary/aromatic N) is 1. The summed E-state index contributed by atoms with van der Waals surface area (Å²) in [5.41, 5.74) is 10.7. The lowest BCUT2D eigenvalue weighted by molar-refractivity contribution is -0.123. The van der Waals surface area contributed by atoms with E-state index in [-0.39, 0.29) is 11.8 Å². The van der Waals surface area contributed by atoms with Crippen LogP contribution in [0.4, 0.5) is 0 Å². The summed E-state index contributed by atoms with van der Waals surface area (Å²) < 4.78 is 0. The lowest BCUT2D eigenvalue weighted by Gasteiger charge is -2.29. The predicted octanol–water partition coefficient (Wildman–Crippen LogP) is 0.756. The molecule has 1 aliphatic heterocycles. The number of carbonyl (C=O) groups excluding carboxylic acids is 1. The molecule has 1 aromatic rings. The van der Waals surface area contributed by atoms with Gasteiger partial charge in [0.1, 0.15) is 0 Å². The zero-order valence-electron chi connectivity index (χ0n) is 10.9. The van der Waals surface area contributed by atoms with Crippen LogP contribution in [0.3, 0.4) is 0 Å². The molecule has 4 N–H and O–H groups in total. The van der Waals surface area contributed by atoms with Gasteiger partial charge in [-0.2, -0.15) is 0 Å². The standard InChI is InChI=1S/C14H19N3OS/c15-7-1-2-12-3-4-13(19-12)10-17-8-5-11(6-9-17)14(16)18/h3-4,11H,5-10,15H2,(H2,16,18). The van der Waals surface area contributed by atoms with E-state index >= 15 is 0 Å². The van der Waals surface area contributed by atoms with Crippen LogP contribution in [-0.2, 0) is 11.3 Å². The Balaban J connectivity index is 1.85. The number of hydrogen-bond acceptors (Lipinski definition) is 4. The minimum atomic E-state index is -0.157. The Hall–Kier alpha value is -1.35. The van der Waals surface area contributed by atoms with Crippen LogP contribution in [0.5, 0.6) is 0 Å². The van der Waals surface area contributed by atoms with Crippen LogP contribution in [0.2, 0.25) is 0 Å². The first-order chi connectivity index (χ1) is 9.19. The predicted molar refractivity (Wildman–Crippen MR) is 77.4 cm³/mol. The quantitative estimate of drug-likeness (QED) is 0.801. The average molecular weight is 277 g/mol. The summed E-state index contributed by atoms with van der Waals surface area (Å²) in [6.07, 6.45) is 1.75. The van der Waals surface area contributed by atoms with Gasteiger partial charge in [-0.3, -0.25) is 9.69 Å². The number of carbonyl (C=O) groups is 1. The number of likely N-dealkylation sites (tertiary alicyclic amines) is 1. The first kappa shape index (κ1) is 14.1. The van der Waals surface area contributed by atoms with Crippen LogP contribution >= 0.6 is 11.3 Å². The lowest BCUT2D eigenvalue weighted by Crippen LogP contribution is -2.37. The smallest absolute Gasteiger partial charge is 0.220 e. The van der Waals surface area contributed by atoms with Crippen LogP contribution < -0.4 is 11.5 Å². The van der Waals surface area contributed by atoms with Crippen molar-refractivity contribution < 1.29 is 4.79 Å². The first-order valence-electron chi connectivity index (χ1n) is 6.48. The minimum absolute atomic E-state index is 0.0607. The van der Waals surface area contributed by atoms with E-state index in [1.54, 1.807) is 11.3 Å². The SMILES string of the molecule is NCC#Cc1ccc(CN2CCC(C(N)=O)CC2)s1. The fourth-order valence-corrected chi connectivity index (χ4v) is 3.19. The monoisotopic (exact) mass is 277 g/mol. The Morgan fingerprint density at radius 2 is 2.16 bits per heavy atom. The minimum Gasteiger partial charge on any atom is -0.369 e. The molecule has 0 aromatic carbocycles. The van der Waals surface area contributed by atoms with Gasteiger partial charge in [0.05, 0.1) is 11.4 Å². The van der Waals surface area contributed by atoms with E-state index in [1.165, 1.54) is 4.88 Å². The average Bonchev–Trinajstić information content (AvgIpc) is 2.84. The maximum Gasteiger partial charge on any atom is 0.220 e. The highest BCUT2D eigenvalue weighted by Crippen LogP contribution is 2.22. The Labute approximate surface area is 117 Å². The molecule has 0 bridgehead atoms. The van der Waals surface area contributed by atoms with Crippen molar-refractivity contribution in [3.05, 3.63) is 21.9 Å². The molecule has 0 aliphatic carbocycles. The Morgan fingerprint density at radius 3 is 2.79 bits per heavy atom. The number of hydrogen-bond donors (Lipinski definition) is 2. The molecule has 5 heteroatoms. The molecule has 1 aromatic heterocycles. The Bertz CT molecular complexity index is 492. The molecule has 19 heavy (non-hydrogen) atoms. The largest absolute Gasteiger partial charge is 0.369 e. The number of amides is 1. The molecule has 0 saturated carbocycles. The topological polar surface area (TPSA) is 72.3 Å². The summed E-state index contributed by atoms with van der Waals surface area (Å²) in [6, 6.07) is 4.16. The van der Waals surface area contributed by atoms with E-state index < -0.39 is 0 Å². The normalized spacial score (nSPS) is 16.9. The van der Waals surface area contributed by atoms with Gasteiger partial charge in [-0.25, -0.2) is 0 Å². The van der Waals surface area contributed by atoms with Gasteiger partial charge in [-0.15, -0.1) is 11.3 Å². The van der Waals surface area contributed by atoms with Crippen molar-refractivity contribution in [2.45, 2.75) is 19.4 Å². The summed E-state index contributed by atoms with van der Waals surface area (Å²) in [4.78, 5) is 15.8. The fourth-order valence-electron chi connectivity index (χ4n) is 2.26. The number of piperidine rings is 1. The van der Waals surface area contributed by atoms with E-state index in [1.807, 2.05) is 6.07 Å². The van der Waals surface area contributed by atoms with Gasteiger partial charge in [0.15, 0.2) is 0 Å². The highest BCUT2D eigenvalue weighted by molar-refractivity contribution is 7.12. The van der Waals surface area contributed by atoms with Crippen LogP contribution in [-0.4, -0.2) is 30.4 Å². The summed E-state index contributed by atoms with van der Waals surface area (Å²) >= 11 is 1.71. The van der Waals surface area contributed by atoms with Gasteiger partial charge in [0.2, 0.25) is 5.91 Å². The maximum absolute atomic E-state index is 11.1. The van der Waals surface area contributed by atoms with Crippen LogP contribution in [0.25, 0.3) is 0 Å². The molecule has 1 saturated heterocycles. The Kier molecular flexibility index (Phi) is 4.97. The molecule has 1 fully saturated rings. The highest BCUT2D eigenvalue weighted by Gasteiger charge is 2.23. The van der Waals surface area contributed by atoms with Crippen molar-refractivity contribution >= 4 is 17.2 Å². The van der Waals surface area contributed by atoms with E-state index in [0.717, 1.165) is 37.4 Å². The lowest BCUT2D eigenvalue weighted by atomic mass is 9.96. The molecule has 102 valence electrons. The third kappa shape index (κ3) is 4.06. The molecule has 0 unspecified atom stereocenters. The van der Waals surface area contributed by atoms with Crippen LogP contribution in [0, 0.1) is 17.8 Å². The summed E-state index contributed by atoms with van der Waals surface area (Å²) in [5.74, 6) is 5.81. The number of primary amides is 1. The zero-order valence-corrected chi connectivity index (χ0v) is 11.7.